The number of carbonyl (C=O) groups excluding carboxylic acids is 1. The fourth-order valence-corrected chi connectivity index (χ4v) is 7.15. The van der Waals surface area contributed by atoms with E-state index < -0.39 is 22.6 Å². The molecule has 0 bridgehead atoms. The van der Waals surface area contributed by atoms with Gasteiger partial charge >= 0.3 is 0 Å². The number of epoxide rings is 2. The molecule has 0 aromatic heterocycles. The number of ketones is 1. The first kappa shape index (κ1) is 21.7. The average molecular weight is 449 g/mol. The molecule has 0 radical (unpaired) electrons. The summed E-state index contributed by atoms with van der Waals surface area (Å²) < 4.78 is 36.7. The molecule has 32 heavy (non-hydrogen) atoms. The maximum Gasteiger partial charge on any atom is 0.172 e. The van der Waals surface area contributed by atoms with Crippen LogP contribution in [0.25, 0.3) is 0 Å². The molecular formula is C25H36O7. The Kier molecular flexibility index (Phi) is 4.36. The van der Waals surface area contributed by atoms with Gasteiger partial charge in [-0.2, -0.15) is 0 Å². The maximum atomic E-state index is 14.6. The lowest BCUT2D eigenvalue weighted by Gasteiger charge is -2.52. The number of allylic oxidation sites excluding steroid dienone is 1. The van der Waals surface area contributed by atoms with E-state index in [0.29, 0.717) is 26.2 Å². The first-order valence-electron chi connectivity index (χ1n) is 12.1. The second kappa shape index (κ2) is 6.43. The molecule has 8 atom stereocenters. The first-order valence-corrected chi connectivity index (χ1v) is 12.1. The Hall–Kier alpha value is -0.830. The van der Waals surface area contributed by atoms with Crippen molar-refractivity contribution >= 4 is 5.78 Å². The minimum absolute atomic E-state index is 0.0142. The van der Waals surface area contributed by atoms with Gasteiger partial charge in [-0.1, -0.05) is 32.9 Å². The summed E-state index contributed by atoms with van der Waals surface area (Å²) >= 11 is 0. The van der Waals surface area contributed by atoms with Crippen LogP contribution in [-0.4, -0.2) is 67.2 Å². The van der Waals surface area contributed by atoms with E-state index in [0.717, 1.165) is 6.42 Å². The Morgan fingerprint density at radius 2 is 1.69 bits per heavy atom. The van der Waals surface area contributed by atoms with Gasteiger partial charge in [0.05, 0.1) is 32.0 Å². The van der Waals surface area contributed by atoms with E-state index in [1.807, 2.05) is 20.8 Å². The lowest BCUT2D eigenvalue weighted by molar-refractivity contribution is -0.307. The Bertz CT molecular complexity index is 858. The quantitative estimate of drug-likeness (QED) is 0.475. The topological polar surface area (TPSA) is 79.1 Å². The smallest absolute Gasteiger partial charge is 0.172 e. The van der Waals surface area contributed by atoms with Crippen LogP contribution in [0.4, 0.5) is 0 Å². The van der Waals surface area contributed by atoms with Crippen molar-refractivity contribution in [2.45, 2.75) is 96.0 Å². The third kappa shape index (κ3) is 2.85. The summed E-state index contributed by atoms with van der Waals surface area (Å²) in [5.41, 5.74) is -1.63. The van der Waals surface area contributed by atoms with Crippen molar-refractivity contribution in [3.63, 3.8) is 0 Å². The van der Waals surface area contributed by atoms with E-state index in [4.69, 9.17) is 28.4 Å². The van der Waals surface area contributed by atoms with E-state index in [9.17, 15) is 4.79 Å². The summed E-state index contributed by atoms with van der Waals surface area (Å²) in [6.07, 6.45) is 5.40. The van der Waals surface area contributed by atoms with E-state index in [1.54, 1.807) is 0 Å². The average Bonchev–Trinajstić information content (AvgIpc) is 3.58. The molecule has 6 rings (SSSR count). The summed E-state index contributed by atoms with van der Waals surface area (Å²) in [5, 5.41) is 0. The zero-order valence-corrected chi connectivity index (χ0v) is 20.0. The molecule has 6 aliphatic rings. The summed E-state index contributed by atoms with van der Waals surface area (Å²) in [5.74, 6) is -1.58. The third-order valence-electron chi connectivity index (χ3n) is 8.96. The van der Waals surface area contributed by atoms with Crippen LogP contribution in [0.2, 0.25) is 0 Å². The summed E-state index contributed by atoms with van der Waals surface area (Å²) in [6, 6.07) is 0. The molecule has 7 heteroatoms. The lowest BCUT2D eigenvalue weighted by Crippen LogP contribution is -2.63. The Morgan fingerprint density at radius 3 is 2.41 bits per heavy atom. The van der Waals surface area contributed by atoms with Crippen LogP contribution in [-0.2, 0) is 33.2 Å². The maximum absolute atomic E-state index is 14.6. The van der Waals surface area contributed by atoms with Crippen molar-refractivity contribution in [2.24, 2.45) is 22.7 Å². The first-order chi connectivity index (χ1) is 14.9. The molecule has 4 saturated heterocycles. The predicted octanol–water partition coefficient (Wildman–Crippen LogP) is 3.00. The highest BCUT2D eigenvalue weighted by molar-refractivity contribution is 5.95. The summed E-state index contributed by atoms with van der Waals surface area (Å²) in [7, 11) is 0. The van der Waals surface area contributed by atoms with Crippen molar-refractivity contribution in [3.8, 4) is 0 Å². The van der Waals surface area contributed by atoms with Gasteiger partial charge in [0.25, 0.3) is 0 Å². The van der Waals surface area contributed by atoms with Gasteiger partial charge in [0.1, 0.15) is 12.2 Å². The normalized spacial score (nSPS) is 52.9. The van der Waals surface area contributed by atoms with E-state index >= 15 is 0 Å². The highest BCUT2D eigenvalue weighted by Gasteiger charge is 2.77. The Morgan fingerprint density at radius 1 is 0.969 bits per heavy atom. The van der Waals surface area contributed by atoms with E-state index in [2.05, 4.69) is 32.9 Å². The monoisotopic (exact) mass is 448 g/mol. The van der Waals surface area contributed by atoms with Gasteiger partial charge in [0.2, 0.25) is 0 Å². The van der Waals surface area contributed by atoms with Gasteiger partial charge in [-0.3, -0.25) is 4.79 Å². The van der Waals surface area contributed by atoms with Gasteiger partial charge in [-0.05, 0) is 27.2 Å². The molecule has 0 amide bonds. The number of hydrogen-bond donors (Lipinski definition) is 0. The van der Waals surface area contributed by atoms with Crippen LogP contribution in [0.15, 0.2) is 12.2 Å². The second-order valence-corrected chi connectivity index (χ2v) is 12.1. The fourth-order valence-electron chi connectivity index (χ4n) is 7.15. The molecule has 0 aromatic rings. The van der Waals surface area contributed by atoms with Crippen LogP contribution >= 0.6 is 0 Å². The molecule has 0 N–H and O–H groups in total. The second-order valence-electron chi connectivity index (χ2n) is 12.1. The van der Waals surface area contributed by atoms with Crippen LogP contribution in [0.1, 0.15) is 54.4 Å². The number of rotatable bonds is 2. The molecule has 1 spiro atoms. The zero-order valence-electron chi connectivity index (χ0n) is 20.0. The number of fused-ring (bicyclic) bond motifs is 6. The van der Waals surface area contributed by atoms with Crippen molar-refractivity contribution in [1.82, 2.24) is 0 Å². The lowest BCUT2D eigenvalue weighted by atomic mass is 9.54. The molecule has 5 fully saturated rings. The van der Waals surface area contributed by atoms with Crippen molar-refractivity contribution in [2.75, 3.05) is 19.8 Å². The highest BCUT2D eigenvalue weighted by atomic mass is 16.7. The number of carbonyl (C=O) groups is 1. The minimum atomic E-state index is -0.874. The highest BCUT2D eigenvalue weighted by Crippen LogP contribution is 2.65. The summed E-state index contributed by atoms with van der Waals surface area (Å²) in [4.78, 5) is 14.6. The molecule has 178 valence electrons. The SMILES string of the molecule is CC1(C)OC[C@@H]2[C@@H](O1)[C@H]1O[C@H]1[C@@]1(C)/C=C\CC(C)(C)[C@]3(O[C@H]3CC3(C)OCCO3)C(=O)[C@@H]21. The standard InChI is InChI=1S/C25H36O7/c1-21(2)8-7-9-23(5)16(14-13-29-22(3,4)32-17(14)18-20(23)30-18)19(26)25(21)15(31-25)12-24(6)27-10-11-28-24/h7,9,14-18,20H,8,10-13H2,1-6H3/b9-7-/t14-,15-,16+,17+,18+,20+,23-,25+/m0/s1. The molecule has 2 aliphatic carbocycles. The molecule has 7 nitrogen and oxygen atoms in total. The van der Waals surface area contributed by atoms with Gasteiger partial charge in [-0.25, -0.2) is 0 Å². The van der Waals surface area contributed by atoms with Crippen molar-refractivity contribution in [3.05, 3.63) is 12.2 Å². The van der Waals surface area contributed by atoms with Gasteiger partial charge in [0.15, 0.2) is 23.0 Å². The molecular weight excluding hydrogens is 412 g/mol. The van der Waals surface area contributed by atoms with E-state index in [1.165, 1.54) is 0 Å². The number of ether oxygens (including phenoxy) is 6. The third-order valence-corrected chi connectivity index (χ3v) is 8.96. The van der Waals surface area contributed by atoms with Crippen molar-refractivity contribution in [1.29, 1.82) is 0 Å². The molecule has 1 saturated carbocycles. The van der Waals surface area contributed by atoms with Crippen LogP contribution in [0.3, 0.4) is 0 Å². The Labute approximate surface area is 190 Å². The fraction of sp³-hybridized carbons (Fsp3) is 0.880. The van der Waals surface area contributed by atoms with Gasteiger partial charge in [-0.15, -0.1) is 0 Å². The molecule has 4 heterocycles. The molecule has 0 unspecified atom stereocenters. The van der Waals surface area contributed by atoms with Crippen molar-refractivity contribution < 1.29 is 33.2 Å². The van der Waals surface area contributed by atoms with Gasteiger partial charge in [0, 0.05) is 29.1 Å². The van der Waals surface area contributed by atoms with Crippen LogP contribution < -0.4 is 0 Å². The predicted molar refractivity (Wildman–Crippen MR) is 114 cm³/mol. The van der Waals surface area contributed by atoms with E-state index in [-0.39, 0.29) is 47.4 Å². The van der Waals surface area contributed by atoms with Crippen LogP contribution in [0.5, 0.6) is 0 Å². The largest absolute Gasteiger partial charge is 0.366 e. The molecule has 0 aromatic carbocycles. The molecule has 4 aliphatic heterocycles. The Balaban J connectivity index is 1.38. The van der Waals surface area contributed by atoms with Crippen LogP contribution in [0, 0.1) is 22.7 Å². The van der Waals surface area contributed by atoms with Gasteiger partial charge < -0.3 is 28.4 Å². The zero-order chi connectivity index (χ0) is 22.7. The summed E-state index contributed by atoms with van der Waals surface area (Å²) in [6.45, 7) is 13.9. The minimum Gasteiger partial charge on any atom is -0.366 e. The number of Topliss-reactive ketones (excluding diaryl/α,β-unsaturated/α-hetero) is 1. The number of hydrogen-bond acceptors (Lipinski definition) is 7.